The number of methoxy groups -OCH3 is 1. The molecule has 0 aliphatic rings. The fourth-order valence-corrected chi connectivity index (χ4v) is 1.98. The van der Waals surface area contributed by atoms with Crippen molar-refractivity contribution >= 4 is 0 Å². The molecular weight excluding hydrogens is 266 g/mol. The van der Waals surface area contributed by atoms with Crippen LogP contribution in [0.4, 0.5) is 0 Å². The van der Waals surface area contributed by atoms with Crippen molar-refractivity contribution in [3.8, 4) is 17.2 Å². The number of para-hydroxylation sites is 1. The minimum atomic E-state index is 0.467. The Kier molecular flexibility index (Phi) is 5.91. The van der Waals surface area contributed by atoms with Gasteiger partial charge in [-0.3, -0.25) is 0 Å². The second-order valence-electron chi connectivity index (χ2n) is 4.53. The molecule has 1 N–H and O–H groups in total. The van der Waals surface area contributed by atoms with Gasteiger partial charge in [0.15, 0.2) is 11.5 Å². The zero-order chi connectivity index (χ0) is 14.9. The van der Waals surface area contributed by atoms with Gasteiger partial charge in [0.1, 0.15) is 19.0 Å². The van der Waals surface area contributed by atoms with E-state index in [1.165, 1.54) is 0 Å². The van der Waals surface area contributed by atoms with Crippen LogP contribution in [-0.2, 0) is 6.54 Å². The maximum atomic E-state index is 5.76. The molecule has 0 fully saturated rings. The van der Waals surface area contributed by atoms with Crippen LogP contribution >= 0.6 is 0 Å². The largest absolute Gasteiger partial charge is 0.493 e. The number of hydrogen-bond donors (Lipinski definition) is 1. The summed E-state index contributed by atoms with van der Waals surface area (Å²) in [5.41, 5.74) is 1.15. The molecule has 4 nitrogen and oxygen atoms in total. The highest BCUT2D eigenvalue weighted by Gasteiger charge is 2.05. The van der Waals surface area contributed by atoms with E-state index in [9.17, 15) is 0 Å². The molecule has 0 unspecified atom stereocenters. The fourth-order valence-electron chi connectivity index (χ4n) is 1.98. The monoisotopic (exact) mass is 287 g/mol. The molecule has 0 radical (unpaired) electrons. The first-order chi connectivity index (χ1) is 10.3. The minimum Gasteiger partial charge on any atom is -0.493 e. The molecule has 2 rings (SSSR count). The second-order valence-corrected chi connectivity index (χ2v) is 4.53. The molecule has 0 saturated heterocycles. The number of hydrogen-bond acceptors (Lipinski definition) is 4. The summed E-state index contributed by atoms with van der Waals surface area (Å²) < 4.78 is 16.7. The predicted octanol–water partition coefficient (Wildman–Crippen LogP) is 2.87. The summed E-state index contributed by atoms with van der Waals surface area (Å²) in [6.07, 6.45) is 0. The fraction of sp³-hybridized carbons (Fsp3) is 0.294. The molecule has 0 heterocycles. The van der Waals surface area contributed by atoms with Gasteiger partial charge in [0, 0.05) is 6.54 Å². The van der Waals surface area contributed by atoms with Crippen molar-refractivity contribution in [3.05, 3.63) is 54.1 Å². The van der Waals surface area contributed by atoms with Crippen LogP contribution in [0.2, 0.25) is 0 Å². The third-order valence-corrected chi connectivity index (χ3v) is 2.96. The van der Waals surface area contributed by atoms with Crippen LogP contribution < -0.4 is 19.5 Å². The van der Waals surface area contributed by atoms with Gasteiger partial charge < -0.3 is 19.5 Å². The van der Waals surface area contributed by atoms with Crippen LogP contribution in [0.15, 0.2) is 48.5 Å². The van der Waals surface area contributed by atoms with Gasteiger partial charge in [-0.25, -0.2) is 0 Å². The zero-order valence-electron chi connectivity index (χ0n) is 12.5. The van der Waals surface area contributed by atoms with Gasteiger partial charge in [0.05, 0.1) is 7.11 Å². The Morgan fingerprint density at radius 1 is 0.905 bits per heavy atom. The van der Waals surface area contributed by atoms with Gasteiger partial charge in [-0.2, -0.15) is 0 Å². The van der Waals surface area contributed by atoms with Crippen LogP contribution in [0, 0.1) is 0 Å². The molecule has 0 saturated carbocycles. The Hall–Kier alpha value is -2.20. The molecule has 0 spiro atoms. The molecule has 0 atom stereocenters. The van der Waals surface area contributed by atoms with E-state index in [4.69, 9.17) is 14.2 Å². The summed E-state index contributed by atoms with van der Waals surface area (Å²) in [4.78, 5) is 0. The molecule has 112 valence electrons. The van der Waals surface area contributed by atoms with Crippen LogP contribution in [0.25, 0.3) is 0 Å². The summed E-state index contributed by atoms with van der Waals surface area (Å²) in [5.74, 6) is 2.31. The maximum absolute atomic E-state index is 5.76. The van der Waals surface area contributed by atoms with E-state index in [1.807, 2.05) is 55.6 Å². The molecule has 21 heavy (non-hydrogen) atoms. The van der Waals surface area contributed by atoms with Gasteiger partial charge in [-0.1, -0.05) is 24.3 Å². The number of rotatable bonds is 8. The summed E-state index contributed by atoms with van der Waals surface area (Å²) in [6, 6.07) is 15.6. The Morgan fingerprint density at radius 3 is 2.38 bits per heavy atom. The van der Waals surface area contributed by atoms with Crippen molar-refractivity contribution in [2.24, 2.45) is 0 Å². The molecular formula is C17H21NO3. The second kappa shape index (κ2) is 8.17. The van der Waals surface area contributed by atoms with Crippen molar-refractivity contribution in [2.75, 3.05) is 27.4 Å². The first-order valence-corrected chi connectivity index (χ1v) is 6.95. The normalized spacial score (nSPS) is 10.2. The average molecular weight is 287 g/mol. The molecule has 2 aromatic carbocycles. The number of benzene rings is 2. The summed E-state index contributed by atoms with van der Waals surface area (Å²) >= 11 is 0. The van der Waals surface area contributed by atoms with E-state index in [1.54, 1.807) is 7.11 Å². The molecule has 4 heteroatoms. The third kappa shape index (κ3) is 4.68. The molecule has 0 aromatic heterocycles. The predicted molar refractivity (Wildman–Crippen MR) is 83.2 cm³/mol. The lowest BCUT2D eigenvalue weighted by Gasteiger charge is -2.13. The lowest BCUT2D eigenvalue weighted by atomic mass is 10.2. The third-order valence-electron chi connectivity index (χ3n) is 2.96. The molecule has 2 aromatic rings. The van der Waals surface area contributed by atoms with Crippen molar-refractivity contribution in [3.63, 3.8) is 0 Å². The van der Waals surface area contributed by atoms with Crippen molar-refractivity contribution in [1.29, 1.82) is 0 Å². The highest BCUT2D eigenvalue weighted by Crippen LogP contribution is 2.28. The topological polar surface area (TPSA) is 39.7 Å². The SMILES string of the molecule is CNCc1ccc(OC)c(OCCOc2ccccc2)c1. The Bertz CT molecular complexity index is 543. The van der Waals surface area contributed by atoms with Gasteiger partial charge in [-0.05, 0) is 36.9 Å². The Morgan fingerprint density at radius 2 is 1.67 bits per heavy atom. The number of nitrogens with one attached hydrogen (secondary N) is 1. The minimum absolute atomic E-state index is 0.467. The molecule has 0 amide bonds. The first kappa shape index (κ1) is 15.2. The van der Waals surface area contributed by atoms with Gasteiger partial charge in [0.2, 0.25) is 0 Å². The van der Waals surface area contributed by atoms with Gasteiger partial charge in [0.25, 0.3) is 0 Å². The highest BCUT2D eigenvalue weighted by molar-refractivity contribution is 5.42. The van der Waals surface area contributed by atoms with E-state index in [2.05, 4.69) is 5.32 Å². The molecule has 0 bridgehead atoms. The molecule has 0 aliphatic carbocycles. The summed E-state index contributed by atoms with van der Waals surface area (Å²) in [5, 5.41) is 3.12. The van der Waals surface area contributed by atoms with E-state index in [0.29, 0.717) is 13.2 Å². The quantitative estimate of drug-likeness (QED) is 0.758. The van der Waals surface area contributed by atoms with Gasteiger partial charge in [-0.15, -0.1) is 0 Å². The first-order valence-electron chi connectivity index (χ1n) is 6.95. The lowest BCUT2D eigenvalue weighted by molar-refractivity contribution is 0.211. The van der Waals surface area contributed by atoms with E-state index >= 15 is 0 Å². The van der Waals surface area contributed by atoms with E-state index in [-0.39, 0.29) is 0 Å². The van der Waals surface area contributed by atoms with Crippen LogP contribution in [0.5, 0.6) is 17.2 Å². The Balaban J connectivity index is 1.88. The van der Waals surface area contributed by atoms with Crippen LogP contribution in [0.3, 0.4) is 0 Å². The lowest BCUT2D eigenvalue weighted by Crippen LogP contribution is -2.10. The van der Waals surface area contributed by atoms with Crippen LogP contribution in [-0.4, -0.2) is 27.4 Å². The maximum Gasteiger partial charge on any atom is 0.161 e. The average Bonchev–Trinajstić information content (AvgIpc) is 2.53. The van der Waals surface area contributed by atoms with Crippen molar-refractivity contribution in [2.45, 2.75) is 6.54 Å². The summed E-state index contributed by atoms with van der Waals surface area (Å²) in [7, 11) is 3.55. The zero-order valence-corrected chi connectivity index (χ0v) is 12.5. The standard InChI is InChI=1S/C17H21NO3/c1-18-13-14-8-9-16(19-2)17(12-14)21-11-10-20-15-6-4-3-5-7-15/h3-9,12,18H,10-11,13H2,1-2H3. The number of ether oxygens (including phenoxy) is 3. The van der Waals surface area contributed by atoms with Crippen LogP contribution in [0.1, 0.15) is 5.56 Å². The van der Waals surface area contributed by atoms with Gasteiger partial charge >= 0.3 is 0 Å². The smallest absolute Gasteiger partial charge is 0.161 e. The van der Waals surface area contributed by atoms with E-state index in [0.717, 1.165) is 29.4 Å². The van der Waals surface area contributed by atoms with E-state index < -0.39 is 0 Å². The Labute approximate surface area is 125 Å². The van der Waals surface area contributed by atoms with Crippen molar-refractivity contribution < 1.29 is 14.2 Å². The molecule has 0 aliphatic heterocycles. The summed E-state index contributed by atoms with van der Waals surface area (Å²) in [6.45, 7) is 1.75. The highest BCUT2D eigenvalue weighted by atomic mass is 16.5. The van der Waals surface area contributed by atoms with Crippen molar-refractivity contribution in [1.82, 2.24) is 5.32 Å².